The summed E-state index contributed by atoms with van der Waals surface area (Å²) in [4.78, 5) is 9.59. The molecular weight excluding hydrogens is 286 g/mol. The van der Waals surface area contributed by atoms with Gasteiger partial charge in [0.05, 0.1) is 0 Å². The first kappa shape index (κ1) is 11.4. The average molecular weight is 296 g/mol. The lowest BCUT2D eigenvalue weighted by molar-refractivity contribution is 1.12. The van der Waals surface area contributed by atoms with E-state index in [2.05, 4.69) is 31.2 Å². The molecule has 0 aliphatic heterocycles. The molecule has 2 rings (SSSR count). The van der Waals surface area contributed by atoms with Gasteiger partial charge in [0.2, 0.25) is 0 Å². The number of rotatable bonds is 3. The van der Waals surface area contributed by atoms with E-state index in [1.807, 2.05) is 31.3 Å². The molecule has 82 valence electrons. The largest absolute Gasteiger partial charge is 0.373 e. The summed E-state index contributed by atoms with van der Waals surface area (Å²) in [6, 6.07) is 7.92. The molecule has 2 heterocycles. The van der Waals surface area contributed by atoms with Gasteiger partial charge in [-0.05, 0) is 40.2 Å². The molecule has 0 saturated carbocycles. The van der Waals surface area contributed by atoms with Crippen molar-refractivity contribution >= 4 is 33.5 Å². The van der Waals surface area contributed by atoms with Gasteiger partial charge in [0.1, 0.15) is 10.8 Å². The molecule has 0 unspecified atom stereocenters. The fourth-order valence-corrected chi connectivity index (χ4v) is 2.17. The molecule has 2 aromatic heterocycles. The van der Waals surface area contributed by atoms with Crippen LogP contribution in [0.15, 0.2) is 51.1 Å². The minimum atomic E-state index is 0.863. The van der Waals surface area contributed by atoms with Gasteiger partial charge >= 0.3 is 0 Å². The molecule has 0 saturated heterocycles. The number of nitrogens with zero attached hydrogens (tertiary/aromatic N) is 2. The van der Waals surface area contributed by atoms with Gasteiger partial charge in [-0.25, -0.2) is 9.97 Å². The third kappa shape index (κ3) is 2.96. The Morgan fingerprint density at radius 2 is 2.12 bits per heavy atom. The van der Waals surface area contributed by atoms with E-state index in [-0.39, 0.29) is 0 Å². The van der Waals surface area contributed by atoms with Crippen LogP contribution in [0.5, 0.6) is 0 Å². The summed E-state index contributed by atoms with van der Waals surface area (Å²) >= 11 is 4.98. The number of hydrogen-bond donors (Lipinski definition) is 1. The van der Waals surface area contributed by atoms with E-state index in [4.69, 9.17) is 0 Å². The molecule has 0 aliphatic carbocycles. The summed E-state index contributed by atoms with van der Waals surface area (Å²) in [5.74, 6) is 0.863. The fraction of sp³-hybridized carbons (Fsp3) is 0.0909. The normalized spacial score (nSPS) is 10.1. The van der Waals surface area contributed by atoms with Crippen LogP contribution in [0.2, 0.25) is 0 Å². The van der Waals surface area contributed by atoms with E-state index >= 15 is 0 Å². The average Bonchev–Trinajstić information content (AvgIpc) is 2.32. The van der Waals surface area contributed by atoms with Gasteiger partial charge in [-0.1, -0.05) is 11.8 Å². The monoisotopic (exact) mass is 295 g/mol. The van der Waals surface area contributed by atoms with Gasteiger partial charge in [0.15, 0.2) is 0 Å². The van der Waals surface area contributed by atoms with Crippen molar-refractivity contribution < 1.29 is 0 Å². The fourth-order valence-electron chi connectivity index (χ4n) is 1.15. The molecule has 0 atom stereocenters. The molecule has 0 aromatic carbocycles. The van der Waals surface area contributed by atoms with Crippen LogP contribution in [0.4, 0.5) is 5.82 Å². The Kier molecular flexibility index (Phi) is 3.79. The van der Waals surface area contributed by atoms with Crippen LogP contribution < -0.4 is 5.32 Å². The Morgan fingerprint density at radius 3 is 2.81 bits per heavy atom. The quantitative estimate of drug-likeness (QED) is 0.941. The van der Waals surface area contributed by atoms with Crippen molar-refractivity contribution in [3.8, 4) is 0 Å². The Labute approximate surface area is 107 Å². The number of halogens is 1. The maximum atomic E-state index is 4.30. The predicted octanol–water partition coefficient (Wildman–Crippen LogP) is 3.43. The van der Waals surface area contributed by atoms with Crippen molar-refractivity contribution in [3.63, 3.8) is 0 Å². The standard InChI is InChI=1S/C11H10BrN3S/c1-13-10-6-9(4-5-14-10)16-11-3-2-8(12)7-15-11/h2-7H,1H3,(H,13,14). The Balaban J connectivity index is 2.16. The zero-order chi connectivity index (χ0) is 11.4. The van der Waals surface area contributed by atoms with E-state index < -0.39 is 0 Å². The minimum absolute atomic E-state index is 0.863. The van der Waals surface area contributed by atoms with Crippen molar-refractivity contribution in [1.29, 1.82) is 0 Å². The minimum Gasteiger partial charge on any atom is -0.373 e. The highest BCUT2D eigenvalue weighted by atomic mass is 79.9. The first-order chi connectivity index (χ1) is 7.78. The molecular formula is C11H10BrN3S. The Hall–Kier alpha value is -1.07. The van der Waals surface area contributed by atoms with E-state index in [1.165, 1.54) is 0 Å². The SMILES string of the molecule is CNc1cc(Sc2ccc(Br)cn2)ccn1. The van der Waals surface area contributed by atoms with E-state index in [0.29, 0.717) is 0 Å². The first-order valence-electron chi connectivity index (χ1n) is 4.71. The third-order valence-corrected chi connectivity index (χ3v) is 3.32. The van der Waals surface area contributed by atoms with Crippen molar-refractivity contribution in [2.45, 2.75) is 9.92 Å². The first-order valence-corrected chi connectivity index (χ1v) is 6.32. The second kappa shape index (κ2) is 5.32. The summed E-state index contributed by atoms with van der Waals surface area (Å²) in [7, 11) is 1.86. The highest BCUT2D eigenvalue weighted by Gasteiger charge is 2.00. The van der Waals surface area contributed by atoms with Gasteiger partial charge in [-0.3, -0.25) is 0 Å². The molecule has 5 heteroatoms. The molecule has 0 bridgehead atoms. The van der Waals surface area contributed by atoms with E-state index in [9.17, 15) is 0 Å². The number of pyridine rings is 2. The smallest absolute Gasteiger partial charge is 0.126 e. The number of aromatic nitrogens is 2. The highest BCUT2D eigenvalue weighted by molar-refractivity contribution is 9.10. The van der Waals surface area contributed by atoms with Crippen molar-refractivity contribution in [1.82, 2.24) is 9.97 Å². The molecule has 3 nitrogen and oxygen atoms in total. The van der Waals surface area contributed by atoms with Crippen LogP contribution in [0.1, 0.15) is 0 Å². The second-order valence-electron chi connectivity index (χ2n) is 3.04. The molecule has 2 aromatic rings. The lowest BCUT2D eigenvalue weighted by Gasteiger charge is -2.03. The number of nitrogens with one attached hydrogen (secondary N) is 1. The van der Waals surface area contributed by atoms with Crippen LogP contribution in [0.25, 0.3) is 0 Å². The van der Waals surface area contributed by atoms with Crippen molar-refractivity contribution in [3.05, 3.63) is 41.1 Å². The Morgan fingerprint density at radius 1 is 1.25 bits per heavy atom. The molecule has 1 N–H and O–H groups in total. The Bertz CT molecular complexity index is 473. The van der Waals surface area contributed by atoms with Crippen molar-refractivity contribution in [2.24, 2.45) is 0 Å². The summed E-state index contributed by atoms with van der Waals surface area (Å²) < 4.78 is 0.988. The summed E-state index contributed by atoms with van der Waals surface area (Å²) in [6.45, 7) is 0. The van der Waals surface area contributed by atoms with E-state index in [1.54, 1.807) is 24.2 Å². The zero-order valence-corrected chi connectivity index (χ0v) is 11.0. The van der Waals surface area contributed by atoms with Gasteiger partial charge in [0.25, 0.3) is 0 Å². The van der Waals surface area contributed by atoms with Gasteiger partial charge < -0.3 is 5.32 Å². The summed E-state index contributed by atoms with van der Waals surface area (Å²) in [5, 5.41) is 3.98. The lowest BCUT2D eigenvalue weighted by Crippen LogP contribution is -1.91. The van der Waals surface area contributed by atoms with Crippen LogP contribution in [0.3, 0.4) is 0 Å². The summed E-state index contributed by atoms with van der Waals surface area (Å²) in [6.07, 6.45) is 3.58. The van der Waals surface area contributed by atoms with E-state index in [0.717, 1.165) is 20.2 Å². The van der Waals surface area contributed by atoms with Crippen LogP contribution in [-0.2, 0) is 0 Å². The van der Waals surface area contributed by atoms with Crippen LogP contribution in [0, 0.1) is 0 Å². The molecule has 16 heavy (non-hydrogen) atoms. The van der Waals surface area contributed by atoms with Gasteiger partial charge in [-0.15, -0.1) is 0 Å². The third-order valence-electron chi connectivity index (χ3n) is 1.91. The lowest BCUT2D eigenvalue weighted by atomic mass is 10.5. The molecule has 0 radical (unpaired) electrons. The maximum absolute atomic E-state index is 4.30. The molecule has 0 amide bonds. The topological polar surface area (TPSA) is 37.8 Å². The molecule has 0 spiro atoms. The van der Waals surface area contributed by atoms with Crippen LogP contribution >= 0.6 is 27.7 Å². The molecule has 0 aliphatic rings. The number of hydrogen-bond acceptors (Lipinski definition) is 4. The second-order valence-corrected chi connectivity index (χ2v) is 5.05. The van der Waals surface area contributed by atoms with Crippen molar-refractivity contribution in [2.75, 3.05) is 12.4 Å². The maximum Gasteiger partial charge on any atom is 0.126 e. The van der Waals surface area contributed by atoms with Gasteiger partial charge in [0, 0.05) is 28.8 Å². The van der Waals surface area contributed by atoms with Crippen LogP contribution in [-0.4, -0.2) is 17.0 Å². The predicted molar refractivity (Wildman–Crippen MR) is 69.8 cm³/mol. The summed E-state index contributed by atoms with van der Waals surface area (Å²) in [5.41, 5.74) is 0. The highest BCUT2D eigenvalue weighted by Crippen LogP contribution is 2.27. The zero-order valence-electron chi connectivity index (χ0n) is 8.64. The number of anilines is 1. The molecule has 0 fully saturated rings. The van der Waals surface area contributed by atoms with Gasteiger partial charge in [-0.2, -0.15) is 0 Å².